The van der Waals surface area contributed by atoms with Gasteiger partial charge in [-0.2, -0.15) is 0 Å². The van der Waals surface area contributed by atoms with Gasteiger partial charge in [0.2, 0.25) is 5.78 Å². The van der Waals surface area contributed by atoms with Gasteiger partial charge in [0, 0.05) is 18.8 Å². The van der Waals surface area contributed by atoms with E-state index in [1.807, 2.05) is 29.2 Å². The third kappa shape index (κ3) is 5.58. The normalized spacial score (nSPS) is 20.6. The minimum atomic E-state index is -1.30. The van der Waals surface area contributed by atoms with Crippen molar-refractivity contribution in [1.82, 2.24) is 4.90 Å². The number of thioether (sulfide) groups is 1. The standard InChI is InChI=1S/C21H27NO4S/c1-3-4-5-6-18(24)9-12-20(25)21(16-23)22(13-14-27-21)15-17-7-10-19(26-2)11-8-17/h7-8,10-11,16,18,24H,3-6,13-15H2,1-2H3. The van der Waals surface area contributed by atoms with Gasteiger partial charge >= 0.3 is 0 Å². The van der Waals surface area contributed by atoms with Gasteiger partial charge in [0.05, 0.1) is 7.11 Å². The van der Waals surface area contributed by atoms with E-state index in [0.29, 0.717) is 31.5 Å². The third-order valence-corrected chi connectivity index (χ3v) is 5.97. The zero-order valence-electron chi connectivity index (χ0n) is 15.9. The number of unbranched alkanes of at least 4 members (excludes halogenated alkanes) is 2. The Morgan fingerprint density at radius 1 is 1.41 bits per heavy atom. The van der Waals surface area contributed by atoms with Crippen LogP contribution in [-0.4, -0.2) is 52.5 Å². The summed E-state index contributed by atoms with van der Waals surface area (Å²) < 4.78 is 5.16. The lowest BCUT2D eigenvalue weighted by Gasteiger charge is -2.29. The molecule has 146 valence electrons. The monoisotopic (exact) mass is 389 g/mol. The second-order valence-corrected chi connectivity index (χ2v) is 7.86. The number of nitrogens with zero attached hydrogens (tertiary/aromatic N) is 1. The van der Waals surface area contributed by atoms with E-state index in [9.17, 15) is 14.7 Å². The second kappa shape index (κ2) is 10.5. The molecule has 2 rings (SSSR count). The first-order chi connectivity index (χ1) is 13.1. The highest BCUT2D eigenvalue weighted by Crippen LogP contribution is 2.36. The van der Waals surface area contributed by atoms with Gasteiger partial charge in [-0.1, -0.05) is 37.8 Å². The number of aliphatic hydroxyl groups excluding tert-OH is 1. The SMILES string of the molecule is CCCCCC(O)C#CC(=O)C1(C=O)SCCN1Cc1ccc(OC)cc1. The molecule has 1 fully saturated rings. The van der Waals surface area contributed by atoms with Crippen LogP contribution in [0.1, 0.15) is 38.2 Å². The summed E-state index contributed by atoms with van der Waals surface area (Å²) in [5, 5.41) is 9.93. The molecule has 27 heavy (non-hydrogen) atoms. The number of aldehydes is 1. The highest BCUT2D eigenvalue weighted by molar-refractivity contribution is 8.02. The number of carbonyl (C=O) groups excluding carboxylic acids is 2. The summed E-state index contributed by atoms with van der Waals surface area (Å²) in [6.07, 6.45) is 3.36. The molecule has 0 saturated carbocycles. The number of hydrogen-bond acceptors (Lipinski definition) is 6. The first kappa shape index (κ1) is 21.5. The molecule has 1 saturated heterocycles. The molecule has 1 aromatic rings. The van der Waals surface area contributed by atoms with E-state index in [1.54, 1.807) is 7.11 Å². The quantitative estimate of drug-likeness (QED) is 0.230. The summed E-state index contributed by atoms with van der Waals surface area (Å²) in [6, 6.07) is 7.56. The van der Waals surface area contributed by atoms with Gasteiger partial charge < -0.3 is 9.84 Å². The maximum absolute atomic E-state index is 12.7. The number of ketones is 1. The highest BCUT2D eigenvalue weighted by Gasteiger charge is 2.47. The maximum atomic E-state index is 12.7. The van der Waals surface area contributed by atoms with Crippen LogP contribution < -0.4 is 4.74 Å². The number of aliphatic hydroxyl groups is 1. The minimum absolute atomic E-state index is 0.456. The van der Waals surface area contributed by atoms with Crippen molar-refractivity contribution in [2.24, 2.45) is 0 Å². The summed E-state index contributed by atoms with van der Waals surface area (Å²) in [5.41, 5.74) is 0.991. The molecule has 0 bridgehead atoms. The zero-order valence-corrected chi connectivity index (χ0v) is 16.8. The van der Waals surface area contributed by atoms with Crippen molar-refractivity contribution in [3.05, 3.63) is 29.8 Å². The summed E-state index contributed by atoms with van der Waals surface area (Å²) >= 11 is 1.31. The molecule has 0 amide bonds. The van der Waals surface area contributed by atoms with Crippen LogP contribution in [0.5, 0.6) is 5.75 Å². The Morgan fingerprint density at radius 3 is 2.78 bits per heavy atom. The van der Waals surface area contributed by atoms with Crippen LogP contribution in [-0.2, 0) is 16.1 Å². The molecule has 0 radical (unpaired) electrons. The van der Waals surface area contributed by atoms with Crippen LogP contribution in [0.25, 0.3) is 0 Å². The summed E-state index contributed by atoms with van der Waals surface area (Å²) in [6.45, 7) is 3.19. The number of methoxy groups -OCH3 is 1. The first-order valence-corrected chi connectivity index (χ1v) is 10.3. The molecular formula is C21H27NO4S. The fourth-order valence-corrected chi connectivity index (χ4v) is 4.20. The topological polar surface area (TPSA) is 66.8 Å². The number of rotatable bonds is 9. The molecule has 6 heteroatoms. The van der Waals surface area contributed by atoms with Crippen LogP contribution >= 0.6 is 11.8 Å². The maximum Gasteiger partial charge on any atom is 0.243 e. The number of carbonyl (C=O) groups is 2. The molecule has 0 aliphatic carbocycles. The van der Waals surface area contributed by atoms with Gasteiger partial charge in [0.25, 0.3) is 0 Å². The predicted molar refractivity (Wildman–Crippen MR) is 108 cm³/mol. The fraction of sp³-hybridized carbons (Fsp3) is 0.524. The van der Waals surface area contributed by atoms with Crippen molar-refractivity contribution in [3.63, 3.8) is 0 Å². The Bertz CT molecular complexity index is 694. The van der Waals surface area contributed by atoms with Crippen LogP contribution in [0.2, 0.25) is 0 Å². The van der Waals surface area contributed by atoms with Crippen molar-refractivity contribution in [2.75, 3.05) is 19.4 Å². The first-order valence-electron chi connectivity index (χ1n) is 9.28. The molecule has 1 heterocycles. The van der Waals surface area contributed by atoms with E-state index in [-0.39, 0.29) is 0 Å². The second-order valence-electron chi connectivity index (χ2n) is 6.54. The minimum Gasteiger partial charge on any atom is -0.497 e. The number of benzene rings is 1. The Balaban J connectivity index is 2.08. The van der Waals surface area contributed by atoms with Gasteiger partial charge in [-0.3, -0.25) is 14.5 Å². The van der Waals surface area contributed by atoms with Crippen LogP contribution in [0.15, 0.2) is 24.3 Å². The highest BCUT2D eigenvalue weighted by atomic mass is 32.2. The lowest BCUT2D eigenvalue weighted by molar-refractivity contribution is -0.126. The molecule has 0 aromatic heterocycles. The summed E-state index contributed by atoms with van der Waals surface area (Å²) in [4.78, 5) is 25.2. The number of hydrogen-bond donors (Lipinski definition) is 1. The Kier molecular flexibility index (Phi) is 8.36. The molecule has 5 nitrogen and oxygen atoms in total. The Morgan fingerprint density at radius 2 is 2.15 bits per heavy atom. The van der Waals surface area contributed by atoms with E-state index in [0.717, 1.165) is 30.6 Å². The molecule has 0 spiro atoms. The van der Waals surface area contributed by atoms with Crippen molar-refractivity contribution in [2.45, 2.75) is 50.1 Å². The number of Topliss-reactive ketones (excluding diaryl/α,β-unsaturated/α-hetero) is 1. The smallest absolute Gasteiger partial charge is 0.243 e. The van der Waals surface area contributed by atoms with Crippen molar-refractivity contribution in [1.29, 1.82) is 0 Å². The van der Waals surface area contributed by atoms with Crippen molar-refractivity contribution < 1.29 is 19.4 Å². The Hall–Kier alpha value is -1.81. The largest absolute Gasteiger partial charge is 0.497 e. The molecule has 1 aromatic carbocycles. The van der Waals surface area contributed by atoms with Gasteiger partial charge in [-0.25, -0.2) is 0 Å². The Labute approximate surface area is 165 Å². The fourth-order valence-electron chi connectivity index (χ4n) is 2.99. The molecule has 1 N–H and O–H groups in total. The van der Waals surface area contributed by atoms with E-state index >= 15 is 0 Å². The molecule has 2 unspecified atom stereocenters. The zero-order chi connectivity index (χ0) is 19.7. The van der Waals surface area contributed by atoms with Gasteiger partial charge in [0.1, 0.15) is 11.9 Å². The summed E-state index contributed by atoms with van der Waals surface area (Å²) in [5.74, 6) is 6.13. The van der Waals surface area contributed by atoms with E-state index in [2.05, 4.69) is 18.8 Å². The van der Waals surface area contributed by atoms with Crippen molar-refractivity contribution in [3.8, 4) is 17.6 Å². The lowest BCUT2D eigenvalue weighted by Crippen LogP contribution is -2.49. The third-order valence-electron chi connectivity index (χ3n) is 4.60. The van der Waals surface area contributed by atoms with Crippen molar-refractivity contribution >= 4 is 23.8 Å². The average Bonchev–Trinajstić information content (AvgIpc) is 3.10. The van der Waals surface area contributed by atoms with Gasteiger partial charge in [-0.15, -0.1) is 11.8 Å². The summed E-state index contributed by atoms with van der Waals surface area (Å²) in [7, 11) is 1.61. The van der Waals surface area contributed by atoms with Gasteiger partial charge in [0.15, 0.2) is 11.2 Å². The molecule has 2 atom stereocenters. The predicted octanol–water partition coefficient (Wildman–Crippen LogP) is 2.65. The van der Waals surface area contributed by atoms with Crippen LogP contribution in [0.3, 0.4) is 0 Å². The molecule has 1 aliphatic rings. The van der Waals surface area contributed by atoms with E-state index in [4.69, 9.17) is 4.74 Å². The lowest BCUT2D eigenvalue weighted by atomic mass is 10.1. The number of ether oxygens (including phenoxy) is 1. The molecule has 1 aliphatic heterocycles. The van der Waals surface area contributed by atoms with Crippen LogP contribution in [0, 0.1) is 11.8 Å². The van der Waals surface area contributed by atoms with Gasteiger partial charge in [-0.05, 0) is 36.5 Å². The van der Waals surface area contributed by atoms with Crippen LogP contribution in [0.4, 0.5) is 0 Å². The van der Waals surface area contributed by atoms with E-state index in [1.165, 1.54) is 11.8 Å². The molecular weight excluding hydrogens is 362 g/mol. The van der Waals surface area contributed by atoms with E-state index < -0.39 is 16.8 Å². The average molecular weight is 390 g/mol.